The van der Waals surface area contributed by atoms with Crippen LogP contribution in [0.1, 0.15) is 35.3 Å². The van der Waals surface area contributed by atoms with Crippen molar-refractivity contribution < 1.29 is 14.3 Å². The summed E-state index contributed by atoms with van der Waals surface area (Å²) in [6, 6.07) is 21.0. The lowest BCUT2D eigenvalue weighted by molar-refractivity contribution is 0.0290. The summed E-state index contributed by atoms with van der Waals surface area (Å²) in [4.78, 5) is 16.6. The van der Waals surface area contributed by atoms with Crippen molar-refractivity contribution in [3.8, 4) is 11.3 Å². The number of aliphatic hydroxyl groups is 1. The number of furan rings is 1. The molecule has 1 aromatic heterocycles. The molecule has 31 heavy (non-hydrogen) atoms. The number of carbonyl (C=O) groups is 1. The maximum Gasteiger partial charge on any atom is 0.188 e. The van der Waals surface area contributed by atoms with Gasteiger partial charge in [0.15, 0.2) is 5.78 Å². The molecule has 0 aliphatic carbocycles. The van der Waals surface area contributed by atoms with E-state index in [0.29, 0.717) is 17.6 Å². The van der Waals surface area contributed by atoms with Gasteiger partial charge in [0.1, 0.15) is 12.4 Å². The number of Topliss-reactive ketones (excluding diaryl/α,β-unsaturated/α-hetero) is 1. The van der Waals surface area contributed by atoms with Crippen LogP contribution >= 0.6 is 0 Å². The fraction of sp³-hybridized carbons (Fsp3) is 0.346. The van der Waals surface area contributed by atoms with Crippen LogP contribution in [0.3, 0.4) is 0 Å². The number of ketones is 1. The number of nitrogens with zero attached hydrogens (tertiary/aromatic N) is 2. The summed E-state index contributed by atoms with van der Waals surface area (Å²) in [6.07, 6.45) is 1.70. The molecule has 5 nitrogen and oxygen atoms in total. The topological polar surface area (TPSA) is 56.9 Å². The zero-order valence-corrected chi connectivity index (χ0v) is 18.2. The van der Waals surface area contributed by atoms with Crippen LogP contribution < -0.4 is 0 Å². The zero-order valence-electron chi connectivity index (χ0n) is 18.2. The average Bonchev–Trinajstić information content (AvgIpc) is 3.32. The highest BCUT2D eigenvalue weighted by molar-refractivity contribution is 5.96. The second kappa shape index (κ2) is 9.60. The molecule has 5 heteroatoms. The highest BCUT2D eigenvalue weighted by Gasteiger charge is 2.29. The standard InChI is InChI=1S/C26H30N2O3/c1-19-14-27(16-21-5-9-23(10-6-21)25(30)18-29)15-20(2)28(19)17-22-7-11-24(12-8-22)26-4-3-13-31-26/h3-13,19-20,29H,14-18H2,1-2H3/t19-,20+. The maximum atomic E-state index is 11.6. The molecule has 0 unspecified atom stereocenters. The fourth-order valence-electron chi connectivity index (χ4n) is 4.48. The predicted octanol–water partition coefficient (Wildman–Crippen LogP) is 4.22. The van der Waals surface area contributed by atoms with Crippen molar-refractivity contribution >= 4 is 5.78 Å². The summed E-state index contributed by atoms with van der Waals surface area (Å²) < 4.78 is 5.48. The smallest absolute Gasteiger partial charge is 0.188 e. The average molecular weight is 419 g/mol. The molecule has 0 bridgehead atoms. The summed E-state index contributed by atoms with van der Waals surface area (Å²) in [5.41, 5.74) is 4.17. The molecule has 1 fully saturated rings. The Hall–Kier alpha value is -2.73. The van der Waals surface area contributed by atoms with Gasteiger partial charge < -0.3 is 9.52 Å². The monoisotopic (exact) mass is 418 g/mol. The van der Waals surface area contributed by atoms with Gasteiger partial charge in [0.05, 0.1) is 6.26 Å². The van der Waals surface area contributed by atoms with E-state index < -0.39 is 6.61 Å². The largest absolute Gasteiger partial charge is 0.464 e. The third kappa shape index (κ3) is 5.13. The van der Waals surface area contributed by atoms with Gasteiger partial charge in [-0.25, -0.2) is 0 Å². The van der Waals surface area contributed by atoms with Crippen molar-refractivity contribution in [3.05, 3.63) is 83.6 Å². The van der Waals surface area contributed by atoms with Crippen LogP contribution in [0.5, 0.6) is 0 Å². The summed E-state index contributed by atoms with van der Waals surface area (Å²) in [5, 5.41) is 9.00. The molecule has 2 atom stereocenters. The second-order valence-electron chi connectivity index (χ2n) is 8.52. The first-order valence-electron chi connectivity index (χ1n) is 10.9. The van der Waals surface area contributed by atoms with E-state index in [2.05, 4.69) is 47.9 Å². The molecule has 0 saturated carbocycles. The number of hydrogen-bond donors (Lipinski definition) is 1. The van der Waals surface area contributed by atoms with Crippen LogP contribution in [-0.4, -0.2) is 52.5 Å². The minimum atomic E-state index is -0.443. The zero-order chi connectivity index (χ0) is 21.8. The first-order valence-corrected chi connectivity index (χ1v) is 10.9. The van der Waals surface area contributed by atoms with Crippen molar-refractivity contribution in [1.29, 1.82) is 0 Å². The van der Waals surface area contributed by atoms with E-state index in [9.17, 15) is 4.79 Å². The summed E-state index contributed by atoms with van der Waals surface area (Å²) in [5.74, 6) is 0.662. The molecule has 162 valence electrons. The van der Waals surface area contributed by atoms with E-state index in [-0.39, 0.29) is 5.78 Å². The van der Waals surface area contributed by atoms with E-state index in [1.54, 1.807) is 6.26 Å². The Morgan fingerprint density at radius 2 is 1.55 bits per heavy atom. The molecule has 1 N–H and O–H groups in total. The number of hydrogen-bond acceptors (Lipinski definition) is 5. The van der Waals surface area contributed by atoms with Gasteiger partial charge in [-0.1, -0.05) is 48.5 Å². The van der Waals surface area contributed by atoms with Gasteiger partial charge in [0.2, 0.25) is 0 Å². The molecular formula is C26H30N2O3. The highest BCUT2D eigenvalue weighted by Crippen LogP contribution is 2.24. The minimum Gasteiger partial charge on any atom is -0.464 e. The molecule has 0 spiro atoms. The van der Waals surface area contributed by atoms with Crippen LogP contribution in [-0.2, 0) is 13.1 Å². The van der Waals surface area contributed by atoms with E-state index >= 15 is 0 Å². The number of rotatable bonds is 7. The van der Waals surface area contributed by atoms with Gasteiger partial charge >= 0.3 is 0 Å². The van der Waals surface area contributed by atoms with Crippen LogP contribution in [0, 0.1) is 0 Å². The van der Waals surface area contributed by atoms with Crippen LogP contribution in [0.4, 0.5) is 0 Å². The SMILES string of the molecule is C[C@@H]1CN(Cc2ccc(C(=O)CO)cc2)C[C@H](C)N1Cc1ccc(-c2ccco2)cc1. The molecule has 0 radical (unpaired) electrons. The van der Waals surface area contributed by atoms with Crippen molar-refractivity contribution in [1.82, 2.24) is 9.80 Å². The minimum absolute atomic E-state index is 0.236. The normalized spacial score (nSPS) is 20.1. The van der Waals surface area contributed by atoms with Gasteiger partial charge in [0, 0.05) is 49.4 Å². The van der Waals surface area contributed by atoms with Gasteiger partial charge in [-0.05, 0) is 37.1 Å². The summed E-state index contributed by atoms with van der Waals surface area (Å²) >= 11 is 0. The molecular weight excluding hydrogens is 388 g/mol. The van der Waals surface area contributed by atoms with Crippen molar-refractivity contribution in [2.75, 3.05) is 19.7 Å². The molecule has 1 saturated heterocycles. The van der Waals surface area contributed by atoms with Crippen LogP contribution in [0.15, 0.2) is 71.3 Å². The van der Waals surface area contributed by atoms with Gasteiger partial charge in [0.25, 0.3) is 0 Å². The Morgan fingerprint density at radius 3 is 2.13 bits per heavy atom. The first-order chi connectivity index (χ1) is 15.0. The Kier molecular flexibility index (Phi) is 6.66. The molecule has 1 aliphatic heterocycles. The Bertz CT molecular complexity index is 969. The Morgan fingerprint density at radius 1 is 0.935 bits per heavy atom. The third-order valence-electron chi connectivity index (χ3n) is 6.13. The number of carbonyl (C=O) groups excluding carboxylic acids is 1. The van der Waals surface area contributed by atoms with E-state index in [1.807, 2.05) is 36.4 Å². The molecule has 4 rings (SSSR count). The predicted molar refractivity (Wildman–Crippen MR) is 122 cm³/mol. The molecule has 3 aromatic rings. The van der Waals surface area contributed by atoms with Gasteiger partial charge in [-0.15, -0.1) is 0 Å². The van der Waals surface area contributed by atoms with Gasteiger partial charge in [-0.3, -0.25) is 14.6 Å². The van der Waals surface area contributed by atoms with Crippen molar-refractivity contribution in [2.24, 2.45) is 0 Å². The number of benzene rings is 2. The van der Waals surface area contributed by atoms with Crippen molar-refractivity contribution in [2.45, 2.75) is 39.0 Å². The lowest BCUT2D eigenvalue weighted by Crippen LogP contribution is -2.55. The third-order valence-corrected chi connectivity index (χ3v) is 6.13. The fourth-order valence-corrected chi connectivity index (χ4v) is 4.48. The van der Waals surface area contributed by atoms with Crippen LogP contribution in [0.2, 0.25) is 0 Å². The lowest BCUT2D eigenvalue weighted by atomic mass is 10.0. The van der Waals surface area contributed by atoms with E-state index in [1.165, 1.54) is 11.1 Å². The molecule has 1 aliphatic rings. The lowest BCUT2D eigenvalue weighted by Gasteiger charge is -2.44. The van der Waals surface area contributed by atoms with Crippen LogP contribution in [0.25, 0.3) is 11.3 Å². The molecule has 0 amide bonds. The van der Waals surface area contributed by atoms with Crippen molar-refractivity contribution in [3.63, 3.8) is 0 Å². The highest BCUT2D eigenvalue weighted by atomic mass is 16.3. The number of aliphatic hydroxyl groups excluding tert-OH is 1. The van der Waals surface area contributed by atoms with E-state index in [4.69, 9.17) is 9.52 Å². The maximum absolute atomic E-state index is 11.6. The molecule has 2 heterocycles. The summed E-state index contributed by atoms with van der Waals surface area (Å²) in [7, 11) is 0. The molecule has 2 aromatic carbocycles. The Balaban J connectivity index is 1.35. The first kappa shape index (κ1) is 21.5. The number of piperazine rings is 1. The second-order valence-corrected chi connectivity index (χ2v) is 8.52. The summed E-state index contributed by atoms with van der Waals surface area (Å²) in [6.45, 7) is 7.96. The van der Waals surface area contributed by atoms with E-state index in [0.717, 1.165) is 37.5 Å². The quantitative estimate of drug-likeness (QED) is 0.583. The Labute approximate surface area is 183 Å². The van der Waals surface area contributed by atoms with Gasteiger partial charge in [-0.2, -0.15) is 0 Å².